The summed E-state index contributed by atoms with van der Waals surface area (Å²) in [4.78, 5) is 16.9. The molecule has 0 radical (unpaired) electrons. The van der Waals surface area contributed by atoms with E-state index in [1.807, 2.05) is 75.6 Å². The molecular formula is C21H27N3O3S. The number of alkyl carbamates (subject to hydrolysis) is 1. The SMILES string of the molecule is COc1ccc(C(N=C(NC(=O)OC(C)(C)C)SC)c2cccc(N)c2)cc1. The zero-order valence-electron chi connectivity index (χ0n) is 16.9. The molecule has 28 heavy (non-hydrogen) atoms. The minimum absolute atomic E-state index is 0.341. The van der Waals surface area contributed by atoms with Gasteiger partial charge in [-0.15, -0.1) is 0 Å². The minimum atomic E-state index is -0.586. The molecule has 0 aliphatic heterocycles. The lowest BCUT2D eigenvalue weighted by atomic mass is 9.99. The number of nitrogen functional groups attached to an aromatic ring is 1. The topological polar surface area (TPSA) is 85.9 Å². The highest BCUT2D eigenvalue weighted by Crippen LogP contribution is 2.29. The number of anilines is 1. The molecule has 0 spiro atoms. The van der Waals surface area contributed by atoms with Gasteiger partial charge >= 0.3 is 6.09 Å². The zero-order valence-corrected chi connectivity index (χ0v) is 17.7. The number of nitrogens with one attached hydrogen (secondary N) is 1. The smallest absolute Gasteiger partial charge is 0.413 e. The minimum Gasteiger partial charge on any atom is -0.497 e. The average molecular weight is 402 g/mol. The molecule has 0 bridgehead atoms. The summed E-state index contributed by atoms with van der Waals surface area (Å²) < 4.78 is 10.6. The summed E-state index contributed by atoms with van der Waals surface area (Å²) in [7, 11) is 1.62. The second kappa shape index (κ2) is 9.50. The van der Waals surface area contributed by atoms with Crippen LogP contribution in [0.1, 0.15) is 37.9 Å². The first-order valence-corrected chi connectivity index (χ1v) is 10.1. The van der Waals surface area contributed by atoms with E-state index in [4.69, 9.17) is 20.2 Å². The van der Waals surface area contributed by atoms with Crippen LogP contribution in [0.4, 0.5) is 10.5 Å². The van der Waals surface area contributed by atoms with Crippen molar-refractivity contribution in [2.24, 2.45) is 4.99 Å². The number of hydrogen-bond acceptors (Lipinski definition) is 6. The monoisotopic (exact) mass is 401 g/mol. The predicted molar refractivity (Wildman–Crippen MR) is 116 cm³/mol. The Kier molecular flexibility index (Phi) is 7.34. The molecule has 1 amide bonds. The van der Waals surface area contributed by atoms with Crippen molar-refractivity contribution in [3.63, 3.8) is 0 Å². The molecule has 3 N–H and O–H groups in total. The van der Waals surface area contributed by atoms with E-state index in [1.165, 1.54) is 11.8 Å². The first-order chi connectivity index (χ1) is 13.2. The fourth-order valence-corrected chi connectivity index (χ4v) is 2.90. The van der Waals surface area contributed by atoms with Crippen LogP contribution in [0.2, 0.25) is 0 Å². The predicted octanol–water partition coefficient (Wildman–Crippen LogP) is 4.61. The van der Waals surface area contributed by atoms with Crippen LogP contribution < -0.4 is 15.8 Å². The van der Waals surface area contributed by atoms with Gasteiger partial charge in [-0.25, -0.2) is 9.79 Å². The van der Waals surface area contributed by atoms with Gasteiger partial charge in [0.25, 0.3) is 0 Å². The molecule has 1 unspecified atom stereocenters. The molecule has 0 aliphatic rings. The Hall–Kier alpha value is -2.67. The van der Waals surface area contributed by atoms with Crippen LogP contribution in [-0.4, -0.2) is 30.2 Å². The van der Waals surface area contributed by atoms with Gasteiger partial charge in [0.2, 0.25) is 0 Å². The van der Waals surface area contributed by atoms with E-state index in [-0.39, 0.29) is 6.04 Å². The normalized spacial score (nSPS) is 13.0. The fourth-order valence-electron chi connectivity index (χ4n) is 2.50. The highest BCUT2D eigenvalue weighted by Gasteiger charge is 2.19. The zero-order chi connectivity index (χ0) is 20.7. The third kappa shape index (κ3) is 6.49. The maximum absolute atomic E-state index is 12.2. The number of amides is 1. The molecule has 2 aromatic rings. The number of carbonyl (C=O) groups is 1. The van der Waals surface area contributed by atoms with Crippen molar-refractivity contribution in [1.29, 1.82) is 0 Å². The van der Waals surface area contributed by atoms with Gasteiger partial charge in [-0.3, -0.25) is 5.32 Å². The summed E-state index contributed by atoms with van der Waals surface area (Å²) in [6.07, 6.45) is 1.31. The second-order valence-corrected chi connectivity index (χ2v) is 7.91. The van der Waals surface area contributed by atoms with E-state index in [0.717, 1.165) is 16.9 Å². The molecule has 150 valence electrons. The maximum atomic E-state index is 12.2. The van der Waals surface area contributed by atoms with Gasteiger partial charge in [0.05, 0.1) is 7.11 Å². The summed E-state index contributed by atoms with van der Waals surface area (Å²) >= 11 is 1.34. The van der Waals surface area contributed by atoms with E-state index in [2.05, 4.69) is 5.32 Å². The van der Waals surface area contributed by atoms with Gasteiger partial charge in [-0.1, -0.05) is 36.0 Å². The third-order valence-electron chi connectivity index (χ3n) is 3.71. The molecule has 7 heteroatoms. The third-order valence-corrected chi connectivity index (χ3v) is 4.30. The Labute approximate surface area is 170 Å². The van der Waals surface area contributed by atoms with E-state index in [1.54, 1.807) is 7.11 Å². The van der Waals surface area contributed by atoms with Crippen LogP contribution in [0.5, 0.6) is 5.75 Å². The summed E-state index contributed by atoms with van der Waals surface area (Å²) in [5.74, 6) is 0.760. The Morgan fingerprint density at radius 2 is 1.82 bits per heavy atom. The molecule has 0 heterocycles. The van der Waals surface area contributed by atoms with Crippen molar-refractivity contribution in [3.8, 4) is 5.75 Å². The molecule has 0 fully saturated rings. The van der Waals surface area contributed by atoms with E-state index < -0.39 is 11.7 Å². The number of methoxy groups -OCH3 is 1. The highest BCUT2D eigenvalue weighted by atomic mass is 32.2. The number of nitrogens with two attached hydrogens (primary N) is 1. The van der Waals surface area contributed by atoms with Gasteiger partial charge in [0.1, 0.15) is 17.4 Å². The van der Waals surface area contributed by atoms with Crippen molar-refractivity contribution >= 4 is 28.7 Å². The molecular weight excluding hydrogens is 374 g/mol. The number of hydrogen-bond donors (Lipinski definition) is 2. The van der Waals surface area contributed by atoms with Gasteiger partial charge in [-0.05, 0) is 62.4 Å². The number of amidine groups is 1. The van der Waals surface area contributed by atoms with Gasteiger partial charge in [-0.2, -0.15) is 0 Å². The number of nitrogens with zero attached hydrogens (tertiary/aromatic N) is 1. The highest BCUT2D eigenvalue weighted by molar-refractivity contribution is 8.13. The van der Waals surface area contributed by atoms with Crippen LogP contribution in [0, 0.1) is 0 Å². The lowest BCUT2D eigenvalue weighted by molar-refractivity contribution is 0.0564. The van der Waals surface area contributed by atoms with Crippen molar-refractivity contribution in [2.75, 3.05) is 19.1 Å². The Bertz CT molecular complexity index is 830. The molecule has 0 aliphatic carbocycles. The van der Waals surface area contributed by atoms with Crippen LogP contribution in [0.3, 0.4) is 0 Å². The number of carbonyl (C=O) groups excluding carboxylic acids is 1. The Morgan fingerprint density at radius 1 is 1.14 bits per heavy atom. The van der Waals surface area contributed by atoms with Crippen LogP contribution in [0.15, 0.2) is 53.5 Å². The molecule has 2 aromatic carbocycles. The average Bonchev–Trinajstić information content (AvgIpc) is 2.63. The molecule has 6 nitrogen and oxygen atoms in total. The summed E-state index contributed by atoms with van der Waals surface area (Å²) in [5.41, 5.74) is 7.90. The molecule has 2 rings (SSSR count). The number of rotatable bonds is 4. The molecule has 1 atom stereocenters. The first-order valence-electron chi connectivity index (χ1n) is 8.83. The van der Waals surface area contributed by atoms with Crippen LogP contribution >= 0.6 is 11.8 Å². The van der Waals surface area contributed by atoms with Gasteiger partial charge < -0.3 is 15.2 Å². The largest absolute Gasteiger partial charge is 0.497 e. The summed E-state index contributed by atoms with van der Waals surface area (Å²) in [5, 5.41) is 3.18. The van der Waals surface area contributed by atoms with Gasteiger partial charge in [0, 0.05) is 5.69 Å². The van der Waals surface area contributed by atoms with E-state index >= 15 is 0 Å². The van der Waals surface area contributed by atoms with Crippen LogP contribution in [-0.2, 0) is 4.74 Å². The molecule has 0 saturated carbocycles. The Balaban J connectivity index is 2.38. The number of benzene rings is 2. The van der Waals surface area contributed by atoms with E-state index in [0.29, 0.717) is 10.9 Å². The lowest BCUT2D eigenvalue weighted by Gasteiger charge is -2.21. The van der Waals surface area contributed by atoms with Gasteiger partial charge in [0.15, 0.2) is 5.17 Å². The fraction of sp³-hybridized carbons (Fsp3) is 0.333. The molecule has 0 saturated heterocycles. The Morgan fingerprint density at radius 3 is 2.36 bits per heavy atom. The molecule has 0 aromatic heterocycles. The maximum Gasteiger partial charge on any atom is 0.413 e. The number of ether oxygens (including phenoxy) is 2. The van der Waals surface area contributed by atoms with Crippen molar-refractivity contribution in [1.82, 2.24) is 5.32 Å². The second-order valence-electron chi connectivity index (χ2n) is 7.11. The quantitative estimate of drug-likeness (QED) is 0.444. The number of aliphatic imine (C=N–C) groups is 1. The summed E-state index contributed by atoms with van der Waals surface area (Å²) in [6.45, 7) is 5.44. The lowest BCUT2D eigenvalue weighted by Crippen LogP contribution is -2.35. The van der Waals surface area contributed by atoms with Crippen molar-refractivity contribution in [2.45, 2.75) is 32.4 Å². The number of thioether (sulfide) groups is 1. The van der Waals surface area contributed by atoms with Crippen molar-refractivity contribution < 1.29 is 14.3 Å². The summed E-state index contributed by atoms with van der Waals surface area (Å²) in [6, 6.07) is 14.9. The van der Waals surface area contributed by atoms with E-state index in [9.17, 15) is 4.79 Å². The van der Waals surface area contributed by atoms with Crippen molar-refractivity contribution in [3.05, 3.63) is 59.7 Å². The standard InChI is InChI=1S/C21H27N3O3S/c1-21(2,3)27-20(25)24-19(28-5)23-18(15-7-6-8-16(22)13-15)14-9-11-17(26-4)12-10-14/h6-13,18H,22H2,1-5H3,(H,23,24,25). The first kappa shape index (κ1) is 21.6. The van der Waals surface area contributed by atoms with Crippen LogP contribution in [0.25, 0.3) is 0 Å².